The number of ether oxygens (including phenoxy) is 1. The Hall–Kier alpha value is -3.61. The highest BCUT2D eigenvalue weighted by molar-refractivity contribution is 5.96. The van der Waals surface area contributed by atoms with Gasteiger partial charge in [-0.3, -0.25) is 4.79 Å². The number of hydrogen-bond acceptors (Lipinski definition) is 7. The number of hydrogen-bond donors (Lipinski definition) is 2. The molecule has 152 valence electrons. The van der Waals surface area contributed by atoms with Gasteiger partial charge in [0.05, 0.1) is 11.3 Å². The van der Waals surface area contributed by atoms with E-state index >= 15 is 0 Å². The first-order valence-electron chi connectivity index (χ1n) is 9.17. The predicted octanol–water partition coefficient (Wildman–Crippen LogP) is 1.50. The lowest BCUT2D eigenvalue weighted by Gasteiger charge is -2.37. The van der Waals surface area contributed by atoms with Gasteiger partial charge in [0.15, 0.2) is 5.69 Å². The molecule has 0 aliphatic carbocycles. The number of aromatic nitrogens is 3. The molecule has 2 amide bonds. The fourth-order valence-electron chi connectivity index (χ4n) is 3.11. The second-order valence-corrected chi connectivity index (χ2v) is 7.68. The van der Waals surface area contributed by atoms with E-state index in [2.05, 4.69) is 21.5 Å². The van der Waals surface area contributed by atoms with E-state index < -0.39 is 11.5 Å². The minimum atomic E-state index is -0.699. The van der Waals surface area contributed by atoms with Crippen LogP contribution in [0.2, 0.25) is 0 Å². The highest BCUT2D eigenvalue weighted by Crippen LogP contribution is 2.28. The molecule has 29 heavy (non-hydrogen) atoms. The lowest BCUT2D eigenvalue weighted by Crippen LogP contribution is -2.50. The zero-order valence-electron chi connectivity index (χ0n) is 16.6. The Morgan fingerprint density at radius 1 is 1.21 bits per heavy atom. The summed E-state index contributed by atoms with van der Waals surface area (Å²) in [7, 11) is 0. The summed E-state index contributed by atoms with van der Waals surface area (Å²) in [6.45, 7) is 7.64. The molecule has 1 aromatic carbocycles. The summed E-state index contributed by atoms with van der Waals surface area (Å²) in [6, 6.07) is 7.41. The van der Waals surface area contributed by atoms with Crippen LogP contribution in [-0.2, 0) is 4.74 Å². The fraction of sp³-hybridized carbons (Fsp3) is 0.421. The standard InChI is InChI=1S/C19H23N7O3/c1-19(2,3)29-18(28)26-8-6-25(7-9-26)14-5-4-12(10-13(14)11-20)15-16(17(21)27)23-24-22-15/h4-5,10H,6-9H2,1-3H3,(H2,21,27)(H,22,23,24). The number of nitriles is 1. The van der Waals surface area contributed by atoms with Gasteiger partial charge in [0, 0.05) is 31.7 Å². The van der Waals surface area contributed by atoms with Gasteiger partial charge in [0.1, 0.15) is 17.4 Å². The monoisotopic (exact) mass is 397 g/mol. The summed E-state index contributed by atoms with van der Waals surface area (Å²) in [5.74, 6) is -0.699. The van der Waals surface area contributed by atoms with Crippen LogP contribution in [0.4, 0.5) is 10.5 Å². The van der Waals surface area contributed by atoms with E-state index in [1.165, 1.54) is 0 Å². The highest BCUT2D eigenvalue weighted by atomic mass is 16.6. The number of primary amides is 1. The van der Waals surface area contributed by atoms with Crippen LogP contribution in [0.3, 0.4) is 0 Å². The van der Waals surface area contributed by atoms with Gasteiger partial charge in [0.2, 0.25) is 0 Å². The van der Waals surface area contributed by atoms with Crippen LogP contribution in [0.25, 0.3) is 11.3 Å². The second kappa shape index (κ2) is 7.79. The third kappa shape index (κ3) is 4.45. The molecule has 0 unspecified atom stereocenters. The number of nitrogens with zero attached hydrogens (tertiary/aromatic N) is 5. The van der Waals surface area contributed by atoms with Crippen molar-refractivity contribution in [1.29, 1.82) is 5.26 Å². The largest absolute Gasteiger partial charge is 0.444 e. The zero-order valence-corrected chi connectivity index (χ0v) is 16.6. The van der Waals surface area contributed by atoms with E-state index in [-0.39, 0.29) is 11.8 Å². The van der Waals surface area contributed by atoms with Crippen LogP contribution in [-0.4, -0.2) is 64.1 Å². The molecule has 0 radical (unpaired) electrons. The van der Waals surface area contributed by atoms with Crippen molar-refractivity contribution < 1.29 is 14.3 Å². The summed E-state index contributed by atoms with van der Waals surface area (Å²) in [4.78, 5) is 27.4. The number of carbonyl (C=O) groups excluding carboxylic acids is 2. The van der Waals surface area contributed by atoms with Crippen LogP contribution in [0.5, 0.6) is 0 Å². The summed E-state index contributed by atoms with van der Waals surface area (Å²) < 4.78 is 5.41. The van der Waals surface area contributed by atoms with E-state index in [4.69, 9.17) is 10.5 Å². The van der Waals surface area contributed by atoms with Gasteiger partial charge >= 0.3 is 6.09 Å². The molecule has 0 bridgehead atoms. The van der Waals surface area contributed by atoms with E-state index in [1.807, 2.05) is 25.7 Å². The van der Waals surface area contributed by atoms with Crippen LogP contribution in [0.1, 0.15) is 36.8 Å². The molecule has 1 aliphatic rings. The molecule has 1 aromatic heterocycles. The van der Waals surface area contributed by atoms with Crippen LogP contribution in [0, 0.1) is 11.3 Å². The maximum Gasteiger partial charge on any atom is 0.410 e. The average molecular weight is 397 g/mol. The minimum Gasteiger partial charge on any atom is -0.444 e. The normalized spacial score (nSPS) is 14.4. The lowest BCUT2D eigenvalue weighted by molar-refractivity contribution is 0.0240. The number of nitrogens with one attached hydrogen (secondary N) is 1. The Kier molecular flexibility index (Phi) is 5.41. The Bertz CT molecular complexity index is 963. The van der Waals surface area contributed by atoms with E-state index in [0.717, 1.165) is 5.69 Å². The summed E-state index contributed by atoms with van der Waals surface area (Å²) in [6.07, 6.45) is -0.335. The van der Waals surface area contributed by atoms with Crippen molar-refractivity contribution in [3.8, 4) is 17.3 Å². The Balaban J connectivity index is 1.76. The molecule has 0 saturated carbocycles. The molecular weight excluding hydrogens is 374 g/mol. The summed E-state index contributed by atoms with van der Waals surface area (Å²) in [5.41, 5.74) is 6.86. The second-order valence-electron chi connectivity index (χ2n) is 7.68. The molecule has 10 heteroatoms. The molecule has 1 fully saturated rings. The van der Waals surface area contributed by atoms with Gasteiger partial charge in [-0.15, -0.1) is 0 Å². The van der Waals surface area contributed by atoms with Gasteiger partial charge in [-0.25, -0.2) is 4.79 Å². The number of aromatic amines is 1. The zero-order chi connectivity index (χ0) is 21.2. The van der Waals surface area contributed by atoms with Crippen LogP contribution < -0.4 is 10.6 Å². The number of benzene rings is 1. The fourth-order valence-corrected chi connectivity index (χ4v) is 3.11. The third-order valence-corrected chi connectivity index (χ3v) is 4.44. The van der Waals surface area contributed by atoms with Crippen LogP contribution in [0.15, 0.2) is 18.2 Å². The quantitative estimate of drug-likeness (QED) is 0.799. The Labute approximate surface area is 168 Å². The molecule has 10 nitrogen and oxygen atoms in total. The molecule has 2 aromatic rings. The van der Waals surface area contributed by atoms with Crippen molar-refractivity contribution in [1.82, 2.24) is 20.3 Å². The van der Waals surface area contributed by atoms with Crippen molar-refractivity contribution >= 4 is 17.7 Å². The van der Waals surface area contributed by atoms with Crippen molar-refractivity contribution in [2.45, 2.75) is 26.4 Å². The topological polar surface area (TPSA) is 141 Å². The number of anilines is 1. The molecule has 1 aliphatic heterocycles. The molecule has 2 heterocycles. The maximum atomic E-state index is 12.2. The lowest BCUT2D eigenvalue weighted by atomic mass is 10.0. The first-order chi connectivity index (χ1) is 13.7. The van der Waals surface area contributed by atoms with Gasteiger partial charge in [-0.05, 0) is 32.9 Å². The molecule has 0 spiro atoms. The first-order valence-corrected chi connectivity index (χ1v) is 9.17. The van der Waals surface area contributed by atoms with Gasteiger partial charge in [-0.2, -0.15) is 20.7 Å². The van der Waals surface area contributed by atoms with E-state index in [0.29, 0.717) is 43.0 Å². The molecule has 0 atom stereocenters. The Morgan fingerprint density at radius 3 is 2.48 bits per heavy atom. The van der Waals surface area contributed by atoms with Gasteiger partial charge in [-0.1, -0.05) is 6.07 Å². The molecule has 1 saturated heterocycles. The van der Waals surface area contributed by atoms with Crippen LogP contribution >= 0.6 is 0 Å². The Morgan fingerprint density at radius 2 is 1.90 bits per heavy atom. The number of amides is 2. The summed E-state index contributed by atoms with van der Waals surface area (Å²) >= 11 is 0. The minimum absolute atomic E-state index is 0.0209. The van der Waals surface area contributed by atoms with E-state index in [9.17, 15) is 14.9 Å². The highest BCUT2D eigenvalue weighted by Gasteiger charge is 2.27. The van der Waals surface area contributed by atoms with Gasteiger partial charge in [0.25, 0.3) is 5.91 Å². The smallest absolute Gasteiger partial charge is 0.410 e. The SMILES string of the molecule is CC(C)(C)OC(=O)N1CCN(c2ccc(-c3n[nH]nc3C(N)=O)cc2C#N)CC1. The number of piperazine rings is 1. The molecule has 3 rings (SSSR count). The number of rotatable bonds is 3. The number of H-pyrrole nitrogens is 1. The molecule has 3 N–H and O–H groups in total. The van der Waals surface area contributed by atoms with Crippen molar-refractivity contribution in [2.24, 2.45) is 5.73 Å². The molecular formula is C19H23N7O3. The number of carbonyl (C=O) groups is 2. The summed E-state index contributed by atoms with van der Waals surface area (Å²) in [5, 5.41) is 19.7. The maximum absolute atomic E-state index is 12.2. The number of nitrogens with two attached hydrogens (primary N) is 1. The van der Waals surface area contributed by atoms with Crippen molar-refractivity contribution in [2.75, 3.05) is 31.1 Å². The van der Waals surface area contributed by atoms with Crippen molar-refractivity contribution in [3.63, 3.8) is 0 Å². The third-order valence-electron chi connectivity index (χ3n) is 4.44. The van der Waals surface area contributed by atoms with E-state index in [1.54, 1.807) is 23.1 Å². The van der Waals surface area contributed by atoms with Gasteiger partial charge < -0.3 is 20.3 Å². The average Bonchev–Trinajstić information content (AvgIpc) is 3.16. The first kappa shape index (κ1) is 20.1. The van der Waals surface area contributed by atoms with Crippen molar-refractivity contribution in [3.05, 3.63) is 29.5 Å². The predicted molar refractivity (Wildman–Crippen MR) is 105 cm³/mol.